The molecule has 0 spiro atoms. The molecule has 0 aromatic heterocycles. The highest BCUT2D eigenvalue weighted by Crippen LogP contribution is 2.21. The summed E-state index contributed by atoms with van der Waals surface area (Å²) in [7, 11) is 0. The monoisotopic (exact) mass is 279 g/mol. The van der Waals surface area contributed by atoms with Crippen LogP contribution in [0.4, 0.5) is 28.0 Å². The van der Waals surface area contributed by atoms with Gasteiger partial charge in [0.25, 0.3) is 0 Å². The van der Waals surface area contributed by atoms with Crippen molar-refractivity contribution in [3.05, 3.63) is 29.8 Å². The molecule has 0 atom stereocenters. The second kappa shape index (κ2) is 6.37. The molecular formula is C11H13F4N3O. The molecule has 0 aliphatic rings. The van der Waals surface area contributed by atoms with Crippen molar-refractivity contribution in [2.75, 3.05) is 11.9 Å². The fourth-order valence-electron chi connectivity index (χ4n) is 1.17. The van der Waals surface area contributed by atoms with Crippen LogP contribution in [0.1, 0.15) is 5.56 Å². The fourth-order valence-corrected chi connectivity index (χ4v) is 1.17. The van der Waals surface area contributed by atoms with E-state index in [4.69, 9.17) is 5.73 Å². The van der Waals surface area contributed by atoms with Crippen LogP contribution < -0.4 is 16.4 Å². The number of hydrogen-bond donors (Lipinski definition) is 3. The SMILES string of the molecule is NCc1ccc(NC(=O)NCC(F)(F)C(F)F)cc1. The molecule has 1 rings (SSSR count). The molecule has 0 saturated heterocycles. The Balaban J connectivity index is 2.47. The number of halogens is 4. The molecule has 4 nitrogen and oxygen atoms in total. The molecule has 0 saturated carbocycles. The number of rotatable bonds is 5. The highest BCUT2D eigenvalue weighted by Gasteiger charge is 2.40. The summed E-state index contributed by atoms with van der Waals surface area (Å²) < 4.78 is 48.8. The number of anilines is 1. The number of nitrogens with one attached hydrogen (secondary N) is 2. The van der Waals surface area contributed by atoms with Gasteiger partial charge in [0.1, 0.15) is 0 Å². The van der Waals surface area contributed by atoms with Crippen LogP contribution in [0, 0.1) is 0 Å². The minimum absolute atomic E-state index is 0.326. The normalized spacial score (nSPS) is 11.5. The first-order chi connectivity index (χ1) is 8.85. The molecule has 0 radical (unpaired) electrons. The fraction of sp³-hybridized carbons (Fsp3) is 0.364. The molecule has 8 heteroatoms. The van der Waals surface area contributed by atoms with Crippen LogP contribution in [-0.4, -0.2) is 24.9 Å². The lowest BCUT2D eigenvalue weighted by atomic mass is 10.2. The lowest BCUT2D eigenvalue weighted by molar-refractivity contribution is -0.123. The molecule has 1 aromatic rings. The Morgan fingerprint density at radius 3 is 2.32 bits per heavy atom. The average Bonchev–Trinajstić information content (AvgIpc) is 2.37. The second-order valence-corrected chi connectivity index (χ2v) is 3.77. The van der Waals surface area contributed by atoms with Gasteiger partial charge >= 0.3 is 18.4 Å². The maximum atomic E-state index is 12.5. The van der Waals surface area contributed by atoms with E-state index in [9.17, 15) is 22.4 Å². The molecule has 0 unspecified atom stereocenters. The number of carbonyl (C=O) groups is 1. The van der Waals surface area contributed by atoms with Crippen LogP contribution in [0.2, 0.25) is 0 Å². The first-order valence-corrected chi connectivity index (χ1v) is 5.35. The average molecular weight is 279 g/mol. The zero-order valence-electron chi connectivity index (χ0n) is 9.80. The van der Waals surface area contributed by atoms with E-state index >= 15 is 0 Å². The Hall–Kier alpha value is -1.83. The molecule has 0 aliphatic heterocycles. The summed E-state index contributed by atoms with van der Waals surface area (Å²) >= 11 is 0. The maximum absolute atomic E-state index is 12.5. The number of hydrogen-bond acceptors (Lipinski definition) is 2. The van der Waals surface area contributed by atoms with Crippen LogP contribution in [0.15, 0.2) is 24.3 Å². The summed E-state index contributed by atoms with van der Waals surface area (Å²) in [4.78, 5) is 11.2. The topological polar surface area (TPSA) is 67.1 Å². The highest BCUT2D eigenvalue weighted by molar-refractivity contribution is 5.89. The van der Waals surface area contributed by atoms with E-state index in [0.717, 1.165) is 5.56 Å². The Kier molecular flexibility index (Phi) is 5.11. The Bertz CT molecular complexity index is 422. The zero-order chi connectivity index (χ0) is 14.5. The molecule has 0 bridgehead atoms. The molecule has 0 heterocycles. The van der Waals surface area contributed by atoms with Crippen molar-refractivity contribution in [1.29, 1.82) is 0 Å². The van der Waals surface area contributed by atoms with Gasteiger partial charge in [-0.3, -0.25) is 0 Å². The van der Waals surface area contributed by atoms with E-state index in [-0.39, 0.29) is 0 Å². The van der Waals surface area contributed by atoms with Crippen LogP contribution in [0.3, 0.4) is 0 Å². The van der Waals surface area contributed by atoms with Gasteiger partial charge < -0.3 is 16.4 Å². The van der Waals surface area contributed by atoms with E-state index in [1.54, 1.807) is 17.4 Å². The minimum atomic E-state index is -4.25. The van der Waals surface area contributed by atoms with Crippen LogP contribution >= 0.6 is 0 Å². The second-order valence-electron chi connectivity index (χ2n) is 3.77. The molecule has 19 heavy (non-hydrogen) atoms. The maximum Gasteiger partial charge on any atom is 0.324 e. The lowest BCUT2D eigenvalue weighted by Crippen LogP contribution is -2.42. The largest absolute Gasteiger partial charge is 0.332 e. The molecule has 106 valence electrons. The number of amides is 2. The zero-order valence-corrected chi connectivity index (χ0v) is 9.80. The van der Waals surface area contributed by atoms with E-state index < -0.39 is 24.9 Å². The molecule has 1 aromatic carbocycles. The van der Waals surface area contributed by atoms with Crippen molar-refractivity contribution >= 4 is 11.7 Å². The predicted octanol–water partition coefficient (Wildman–Crippen LogP) is 2.17. The van der Waals surface area contributed by atoms with Crippen LogP contribution in [-0.2, 0) is 6.54 Å². The van der Waals surface area contributed by atoms with Crippen molar-refractivity contribution in [3.63, 3.8) is 0 Å². The summed E-state index contributed by atoms with van der Waals surface area (Å²) in [5.74, 6) is -4.25. The molecule has 0 fully saturated rings. The third kappa shape index (κ3) is 4.74. The molecular weight excluding hydrogens is 266 g/mol. The lowest BCUT2D eigenvalue weighted by Gasteiger charge is -2.16. The van der Waals surface area contributed by atoms with Crippen molar-refractivity contribution in [2.24, 2.45) is 5.73 Å². The van der Waals surface area contributed by atoms with Crippen LogP contribution in [0.5, 0.6) is 0 Å². The van der Waals surface area contributed by atoms with E-state index in [1.165, 1.54) is 12.1 Å². The summed E-state index contributed by atoms with van der Waals surface area (Å²) in [6.07, 6.45) is -3.82. The van der Waals surface area contributed by atoms with Crippen molar-refractivity contribution in [1.82, 2.24) is 5.32 Å². The summed E-state index contributed by atoms with van der Waals surface area (Å²) in [5.41, 5.74) is 6.54. The number of nitrogens with two attached hydrogens (primary N) is 1. The first-order valence-electron chi connectivity index (χ1n) is 5.35. The van der Waals surface area contributed by atoms with Gasteiger partial charge in [0, 0.05) is 12.2 Å². The Morgan fingerprint density at radius 1 is 1.26 bits per heavy atom. The number of alkyl halides is 4. The smallest absolute Gasteiger partial charge is 0.324 e. The molecule has 0 aliphatic carbocycles. The number of benzene rings is 1. The van der Waals surface area contributed by atoms with Gasteiger partial charge in [-0.2, -0.15) is 8.78 Å². The van der Waals surface area contributed by atoms with Crippen molar-refractivity contribution in [2.45, 2.75) is 18.9 Å². The van der Waals surface area contributed by atoms with Gasteiger partial charge in [0.05, 0.1) is 6.54 Å². The van der Waals surface area contributed by atoms with Gasteiger partial charge in [-0.15, -0.1) is 0 Å². The van der Waals surface area contributed by atoms with Crippen molar-refractivity contribution in [3.8, 4) is 0 Å². The first kappa shape index (κ1) is 15.2. The third-order valence-corrected chi connectivity index (χ3v) is 2.25. The quantitative estimate of drug-likeness (QED) is 0.723. The van der Waals surface area contributed by atoms with Gasteiger partial charge in [-0.05, 0) is 17.7 Å². The predicted molar refractivity (Wildman–Crippen MR) is 62.3 cm³/mol. The van der Waals surface area contributed by atoms with Crippen LogP contribution in [0.25, 0.3) is 0 Å². The van der Waals surface area contributed by atoms with Gasteiger partial charge in [-0.1, -0.05) is 12.1 Å². The number of urea groups is 1. The standard InChI is InChI=1S/C11H13F4N3O/c12-9(13)11(14,15)6-17-10(19)18-8-3-1-7(5-16)2-4-8/h1-4,9H,5-6,16H2,(H2,17,18,19). The summed E-state index contributed by atoms with van der Waals surface area (Å²) in [5, 5.41) is 3.91. The highest BCUT2D eigenvalue weighted by atomic mass is 19.3. The van der Waals surface area contributed by atoms with E-state index in [0.29, 0.717) is 12.2 Å². The van der Waals surface area contributed by atoms with Gasteiger partial charge in [0.15, 0.2) is 0 Å². The van der Waals surface area contributed by atoms with E-state index in [1.807, 2.05) is 0 Å². The molecule has 2 amide bonds. The van der Waals surface area contributed by atoms with Gasteiger partial charge in [0.2, 0.25) is 0 Å². The minimum Gasteiger partial charge on any atom is -0.332 e. The Labute approximate surface area is 107 Å². The van der Waals surface area contributed by atoms with Gasteiger partial charge in [-0.25, -0.2) is 13.6 Å². The molecule has 4 N–H and O–H groups in total. The summed E-state index contributed by atoms with van der Waals surface area (Å²) in [6.45, 7) is -1.11. The van der Waals surface area contributed by atoms with Crippen molar-refractivity contribution < 1.29 is 22.4 Å². The number of carbonyl (C=O) groups excluding carboxylic acids is 1. The third-order valence-electron chi connectivity index (χ3n) is 2.25. The van der Waals surface area contributed by atoms with E-state index in [2.05, 4.69) is 5.32 Å². The summed E-state index contributed by atoms with van der Waals surface area (Å²) in [6, 6.07) is 5.34. The Morgan fingerprint density at radius 2 is 1.84 bits per heavy atom.